The molecule has 0 aliphatic carbocycles. The van der Waals surface area contributed by atoms with Gasteiger partial charge >= 0.3 is 0 Å². The van der Waals surface area contributed by atoms with Crippen LogP contribution in [0.4, 0.5) is 5.00 Å². The Hall–Kier alpha value is -1.77. The molecule has 0 atom stereocenters. The minimum Gasteiger partial charge on any atom is -0.317 e. The maximum Gasteiger partial charge on any atom is 0.225 e. The van der Waals surface area contributed by atoms with Gasteiger partial charge < -0.3 is 5.32 Å². The number of hydrogen-bond acceptors (Lipinski definition) is 4. The molecular formula is C16H16N2OS2. The van der Waals surface area contributed by atoms with Crippen LogP contribution in [0.25, 0.3) is 0 Å². The highest BCUT2D eigenvalue weighted by molar-refractivity contribution is 7.99. The number of anilines is 1. The van der Waals surface area contributed by atoms with E-state index < -0.39 is 0 Å². The summed E-state index contributed by atoms with van der Waals surface area (Å²) in [5, 5.41) is 14.1. The number of thiophene rings is 1. The molecule has 0 aliphatic heterocycles. The van der Waals surface area contributed by atoms with E-state index in [-0.39, 0.29) is 5.91 Å². The lowest BCUT2D eigenvalue weighted by atomic mass is 10.1. The predicted molar refractivity (Wildman–Crippen MR) is 88.9 cm³/mol. The normalized spacial score (nSPS) is 10.1. The van der Waals surface area contributed by atoms with Crippen molar-refractivity contribution in [3.8, 4) is 6.07 Å². The van der Waals surface area contributed by atoms with Crippen LogP contribution in [0.5, 0.6) is 0 Å². The standard InChI is InChI=1S/C16H16N2OS2/c1-11-3-4-14(9-12(11)2)20-8-6-15(19)18-16-13(10-17)5-7-21-16/h3-5,7,9H,6,8H2,1-2H3,(H,18,19). The van der Waals surface area contributed by atoms with Crippen molar-refractivity contribution >= 4 is 34.0 Å². The number of hydrogen-bond donors (Lipinski definition) is 1. The quantitative estimate of drug-likeness (QED) is 0.834. The molecule has 1 heterocycles. The lowest BCUT2D eigenvalue weighted by molar-refractivity contribution is -0.115. The second kappa shape index (κ2) is 7.30. The molecule has 3 nitrogen and oxygen atoms in total. The summed E-state index contributed by atoms with van der Waals surface area (Å²) in [7, 11) is 0. The van der Waals surface area contributed by atoms with Crippen LogP contribution < -0.4 is 5.32 Å². The third kappa shape index (κ3) is 4.35. The summed E-state index contributed by atoms with van der Waals surface area (Å²) in [6, 6.07) is 10.1. The molecule has 1 aromatic carbocycles. The number of amides is 1. The first-order valence-electron chi connectivity index (χ1n) is 6.57. The van der Waals surface area contributed by atoms with Crippen molar-refractivity contribution in [2.45, 2.75) is 25.2 Å². The molecule has 1 N–H and O–H groups in total. The Balaban J connectivity index is 1.82. The Labute approximate surface area is 133 Å². The topological polar surface area (TPSA) is 52.9 Å². The van der Waals surface area contributed by atoms with Gasteiger partial charge in [-0.2, -0.15) is 5.26 Å². The van der Waals surface area contributed by atoms with Crippen LogP contribution in [0, 0.1) is 25.2 Å². The first-order valence-corrected chi connectivity index (χ1v) is 8.44. The lowest BCUT2D eigenvalue weighted by Gasteiger charge is -2.06. The van der Waals surface area contributed by atoms with Gasteiger partial charge in [-0.25, -0.2) is 0 Å². The zero-order chi connectivity index (χ0) is 15.2. The molecule has 0 spiro atoms. The van der Waals surface area contributed by atoms with Gasteiger partial charge in [0.1, 0.15) is 11.1 Å². The lowest BCUT2D eigenvalue weighted by Crippen LogP contribution is -2.11. The van der Waals surface area contributed by atoms with Crippen LogP contribution >= 0.6 is 23.1 Å². The summed E-state index contributed by atoms with van der Waals surface area (Å²) in [6.07, 6.45) is 0.431. The van der Waals surface area contributed by atoms with E-state index in [1.54, 1.807) is 23.2 Å². The Morgan fingerprint density at radius 2 is 2.14 bits per heavy atom. The number of carbonyl (C=O) groups is 1. The van der Waals surface area contributed by atoms with E-state index in [4.69, 9.17) is 5.26 Å². The molecule has 0 radical (unpaired) electrons. The van der Waals surface area contributed by atoms with E-state index in [1.807, 2.05) is 0 Å². The molecule has 0 saturated heterocycles. The molecule has 2 aromatic rings. The molecule has 0 bridgehead atoms. The van der Waals surface area contributed by atoms with E-state index in [0.29, 0.717) is 17.0 Å². The largest absolute Gasteiger partial charge is 0.317 e. The molecule has 0 unspecified atom stereocenters. The van der Waals surface area contributed by atoms with Crippen molar-refractivity contribution in [3.63, 3.8) is 0 Å². The number of aryl methyl sites for hydroxylation is 2. The van der Waals surface area contributed by atoms with E-state index >= 15 is 0 Å². The van der Waals surface area contributed by atoms with E-state index in [1.165, 1.54) is 27.4 Å². The van der Waals surface area contributed by atoms with Gasteiger partial charge in [0.2, 0.25) is 5.91 Å². The van der Waals surface area contributed by atoms with Crippen LogP contribution in [-0.4, -0.2) is 11.7 Å². The Kier molecular flexibility index (Phi) is 5.43. The summed E-state index contributed by atoms with van der Waals surface area (Å²) in [4.78, 5) is 13.0. The number of thioether (sulfide) groups is 1. The van der Waals surface area contributed by atoms with Crippen LogP contribution in [0.15, 0.2) is 34.5 Å². The molecule has 5 heteroatoms. The molecule has 108 valence electrons. The number of nitriles is 1. The predicted octanol–water partition coefficient (Wildman–Crippen LogP) is 4.36. The number of benzene rings is 1. The van der Waals surface area contributed by atoms with Crippen LogP contribution in [-0.2, 0) is 4.79 Å². The van der Waals surface area contributed by atoms with Crippen molar-refractivity contribution < 1.29 is 4.79 Å². The maximum absolute atomic E-state index is 11.9. The molecule has 0 aliphatic rings. The van der Waals surface area contributed by atoms with Gasteiger partial charge in [-0.3, -0.25) is 4.79 Å². The molecule has 2 rings (SSSR count). The molecule has 1 amide bonds. The zero-order valence-electron chi connectivity index (χ0n) is 12.0. The molecule has 1 aromatic heterocycles. The van der Waals surface area contributed by atoms with E-state index in [2.05, 4.69) is 43.4 Å². The van der Waals surface area contributed by atoms with Crippen molar-refractivity contribution in [2.75, 3.05) is 11.1 Å². The van der Waals surface area contributed by atoms with Crippen LogP contribution in [0.3, 0.4) is 0 Å². The van der Waals surface area contributed by atoms with Crippen molar-refractivity contribution in [1.82, 2.24) is 0 Å². The van der Waals surface area contributed by atoms with Crippen molar-refractivity contribution in [3.05, 3.63) is 46.3 Å². The average Bonchev–Trinajstić information content (AvgIpc) is 2.90. The van der Waals surface area contributed by atoms with Gasteiger partial charge in [0.25, 0.3) is 0 Å². The minimum absolute atomic E-state index is 0.0507. The van der Waals surface area contributed by atoms with E-state index in [0.717, 1.165) is 5.75 Å². The molecule has 21 heavy (non-hydrogen) atoms. The number of nitrogens with zero attached hydrogens (tertiary/aromatic N) is 1. The fourth-order valence-electron chi connectivity index (χ4n) is 1.75. The third-order valence-corrected chi connectivity index (χ3v) is 4.94. The Bertz CT molecular complexity index is 686. The highest BCUT2D eigenvalue weighted by Crippen LogP contribution is 2.24. The van der Waals surface area contributed by atoms with Gasteiger partial charge in [-0.1, -0.05) is 6.07 Å². The molecule has 0 saturated carbocycles. The fraction of sp³-hybridized carbons (Fsp3) is 0.250. The fourth-order valence-corrected chi connectivity index (χ4v) is 3.45. The number of nitrogens with one attached hydrogen (secondary N) is 1. The SMILES string of the molecule is Cc1ccc(SCCC(=O)Nc2sccc2C#N)cc1C. The number of rotatable bonds is 5. The first-order chi connectivity index (χ1) is 10.1. The Morgan fingerprint density at radius 1 is 1.33 bits per heavy atom. The summed E-state index contributed by atoms with van der Waals surface area (Å²) in [6.45, 7) is 4.18. The summed E-state index contributed by atoms with van der Waals surface area (Å²) in [5.74, 6) is 0.673. The van der Waals surface area contributed by atoms with E-state index in [9.17, 15) is 4.79 Å². The highest BCUT2D eigenvalue weighted by atomic mass is 32.2. The average molecular weight is 316 g/mol. The molecular weight excluding hydrogens is 300 g/mol. The van der Waals surface area contributed by atoms with Crippen LogP contribution in [0.2, 0.25) is 0 Å². The minimum atomic E-state index is -0.0507. The third-order valence-electron chi connectivity index (χ3n) is 3.11. The smallest absolute Gasteiger partial charge is 0.225 e. The van der Waals surface area contributed by atoms with Gasteiger partial charge in [0, 0.05) is 17.1 Å². The van der Waals surface area contributed by atoms with Crippen molar-refractivity contribution in [1.29, 1.82) is 5.26 Å². The molecule has 0 fully saturated rings. The second-order valence-electron chi connectivity index (χ2n) is 4.67. The summed E-state index contributed by atoms with van der Waals surface area (Å²) >= 11 is 3.05. The van der Waals surface area contributed by atoms with Gasteiger partial charge in [-0.15, -0.1) is 23.1 Å². The monoisotopic (exact) mass is 316 g/mol. The van der Waals surface area contributed by atoms with Gasteiger partial charge in [-0.05, 0) is 48.6 Å². The highest BCUT2D eigenvalue weighted by Gasteiger charge is 2.08. The van der Waals surface area contributed by atoms with Crippen LogP contribution in [0.1, 0.15) is 23.1 Å². The second-order valence-corrected chi connectivity index (χ2v) is 6.75. The maximum atomic E-state index is 11.9. The van der Waals surface area contributed by atoms with Gasteiger partial charge in [0.15, 0.2) is 0 Å². The van der Waals surface area contributed by atoms with Gasteiger partial charge in [0.05, 0.1) is 5.56 Å². The number of carbonyl (C=O) groups excluding carboxylic acids is 1. The Morgan fingerprint density at radius 3 is 2.86 bits per heavy atom. The summed E-state index contributed by atoms with van der Waals surface area (Å²) < 4.78 is 0. The first kappa shape index (κ1) is 15.6. The zero-order valence-corrected chi connectivity index (χ0v) is 13.6. The summed E-state index contributed by atoms with van der Waals surface area (Å²) in [5.41, 5.74) is 3.07. The van der Waals surface area contributed by atoms with Crippen molar-refractivity contribution in [2.24, 2.45) is 0 Å².